The Kier molecular flexibility index (Phi) is 8.12. The van der Waals surface area contributed by atoms with E-state index in [2.05, 4.69) is 22.9 Å². The third kappa shape index (κ3) is 7.46. The van der Waals surface area contributed by atoms with Crippen molar-refractivity contribution in [2.45, 2.75) is 39.5 Å². The van der Waals surface area contributed by atoms with E-state index in [0.717, 1.165) is 37.2 Å². The molecule has 0 spiro atoms. The molecule has 0 saturated carbocycles. The highest BCUT2D eigenvalue weighted by molar-refractivity contribution is 5.93. The van der Waals surface area contributed by atoms with Gasteiger partial charge in [-0.3, -0.25) is 9.59 Å². The number of rotatable bonds is 9. The Hall–Kier alpha value is -1.88. The smallest absolute Gasteiger partial charge is 0.238 e. The van der Waals surface area contributed by atoms with Crippen LogP contribution in [0.2, 0.25) is 0 Å². The lowest BCUT2D eigenvalue weighted by Gasteiger charge is -2.08. The lowest BCUT2D eigenvalue weighted by molar-refractivity contribution is -0.116. The van der Waals surface area contributed by atoms with E-state index in [1.165, 1.54) is 0 Å². The van der Waals surface area contributed by atoms with E-state index in [9.17, 15) is 9.59 Å². The van der Waals surface area contributed by atoms with Crippen LogP contribution in [0.25, 0.3) is 0 Å². The van der Waals surface area contributed by atoms with Crippen LogP contribution in [-0.4, -0.2) is 24.9 Å². The molecule has 2 amide bonds. The van der Waals surface area contributed by atoms with E-state index in [1.54, 1.807) is 24.3 Å². The summed E-state index contributed by atoms with van der Waals surface area (Å²) in [5, 5.41) is 8.71. The Labute approximate surface area is 126 Å². The number of hydrogen-bond donors (Lipinski definition) is 3. The number of nitrogens with one attached hydrogen (secondary N) is 3. The molecule has 116 valence electrons. The van der Waals surface area contributed by atoms with Crippen molar-refractivity contribution >= 4 is 23.2 Å². The van der Waals surface area contributed by atoms with E-state index in [-0.39, 0.29) is 11.8 Å². The summed E-state index contributed by atoms with van der Waals surface area (Å²) in [5.41, 5.74) is 1.47. The van der Waals surface area contributed by atoms with Crippen molar-refractivity contribution in [2.75, 3.05) is 23.7 Å². The summed E-state index contributed by atoms with van der Waals surface area (Å²) in [4.78, 5) is 23.1. The van der Waals surface area contributed by atoms with Gasteiger partial charge >= 0.3 is 0 Å². The highest BCUT2D eigenvalue weighted by atomic mass is 16.2. The number of anilines is 2. The summed E-state index contributed by atoms with van der Waals surface area (Å²) in [6.45, 7) is 5.25. The molecule has 3 N–H and O–H groups in total. The largest absolute Gasteiger partial charge is 0.326 e. The first-order valence-corrected chi connectivity index (χ1v) is 7.56. The highest BCUT2D eigenvalue weighted by Gasteiger charge is 2.03. The number of carbonyl (C=O) groups is 2. The molecular weight excluding hydrogens is 266 g/mol. The number of amides is 2. The maximum Gasteiger partial charge on any atom is 0.238 e. The third-order valence-corrected chi connectivity index (χ3v) is 2.92. The average Bonchev–Trinajstić information content (AvgIpc) is 2.46. The van der Waals surface area contributed by atoms with E-state index < -0.39 is 0 Å². The fourth-order valence-corrected chi connectivity index (χ4v) is 1.80. The van der Waals surface area contributed by atoms with Gasteiger partial charge in [-0.25, -0.2) is 0 Å². The van der Waals surface area contributed by atoms with Gasteiger partial charge in [0.25, 0.3) is 0 Å². The monoisotopic (exact) mass is 291 g/mol. The quantitative estimate of drug-likeness (QED) is 0.613. The van der Waals surface area contributed by atoms with Crippen molar-refractivity contribution < 1.29 is 9.59 Å². The molecule has 0 aliphatic heterocycles. The molecule has 0 atom stereocenters. The molecule has 1 aromatic rings. The molecule has 5 nitrogen and oxygen atoms in total. The van der Waals surface area contributed by atoms with Gasteiger partial charge in [-0.15, -0.1) is 0 Å². The van der Waals surface area contributed by atoms with Crippen LogP contribution in [0.5, 0.6) is 0 Å². The second-order valence-electron chi connectivity index (χ2n) is 4.95. The molecule has 5 heteroatoms. The topological polar surface area (TPSA) is 70.2 Å². The summed E-state index contributed by atoms with van der Waals surface area (Å²) in [7, 11) is 0. The maximum absolute atomic E-state index is 11.7. The van der Waals surface area contributed by atoms with Crippen molar-refractivity contribution in [3.63, 3.8) is 0 Å². The SMILES string of the molecule is CCCCNCC(=O)Nc1ccc(NC(=O)CCC)cc1. The normalized spacial score (nSPS) is 10.2. The van der Waals surface area contributed by atoms with Crippen LogP contribution in [0.15, 0.2) is 24.3 Å². The standard InChI is InChI=1S/C16H25N3O2/c1-3-5-11-17-12-16(21)19-14-9-7-13(8-10-14)18-15(20)6-4-2/h7-10,17H,3-6,11-12H2,1-2H3,(H,18,20)(H,19,21). The second-order valence-corrected chi connectivity index (χ2v) is 4.95. The summed E-state index contributed by atoms with van der Waals surface area (Å²) >= 11 is 0. The molecule has 0 fully saturated rings. The maximum atomic E-state index is 11.7. The minimum absolute atomic E-state index is 0.00871. The average molecular weight is 291 g/mol. The van der Waals surface area contributed by atoms with E-state index >= 15 is 0 Å². The molecule has 21 heavy (non-hydrogen) atoms. The van der Waals surface area contributed by atoms with Crippen LogP contribution >= 0.6 is 0 Å². The Morgan fingerprint density at radius 1 is 0.905 bits per heavy atom. The van der Waals surface area contributed by atoms with Crippen molar-refractivity contribution in [3.05, 3.63) is 24.3 Å². The summed E-state index contributed by atoms with van der Waals surface area (Å²) in [5.74, 6) is -0.0525. The number of benzene rings is 1. The van der Waals surface area contributed by atoms with Gasteiger partial charge in [0.05, 0.1) is 6.54 Å². The first kappa shape index (κ1) is 17.2. The predicted molar refractivity (Wildman–Crippen MR) is 86.4 cm³/mol. The minimum Gasteiger partial charge on any atom is -0.326 e. The van der Waals surface area contributed by atoms with Crippen LogP contribution in [0.1, 0.15) is 39.5 Å². The van der Waals surface area contributed by atoms with Gasteiger partial charge in [0.1, 0.15) is 0 Å². The van der Waals surface area contributed by atoms with Gasteiger partial charge in [-0.2, -0.15) is 0 Å². The van der Waals surface area contributed by atoms with E-state index in [0.29, 0.717) is 13.0 Å². The first-order chi connectivity index (χ1) is 10.2. The predicted octanol–water partition coefficient (Wildman–Crippen LogP) is 2.75. The molecule has 0 heterocycles. The molecule has 0 saturated heterocycles. The molecule has 1 aromatic carbocycles. The first-order valence-electron chi connectivity index (χ1n) is 7.56. The molecule has 0 unspecified atom stereocenters. The third-order valence-electron chi connectivity index (χ3n) is 2.92. The van der Waals surface area contributed by atoms with Crippen LogP contribution in [0, 0.1) is 0 Å². The number of hydrogen-bond acceptors (Lipinski definition) is 3. The van der Waals surface area contributed by atoms with E-state index in [4.69, 9.17) is 0 Å². The van der Waals surface area contributed by atoms with Crippen LogP contribution in [-0.2, 0) is 9.59 Å². The van der Waals surface area contributed by atoms with Crippen LogP contribution in [0.3, 0.4) is 0 Å². The molecular formula is C16H25N3O2. The highest BCUT2D eigenvalue weighted by Crippen LogP contribution is 2.13. The fourth-order valence-electron chi connectivity index (χ4n) is 1.80. The Morgan fingerprint density at radius 2 is 1.48 bits per heavy atom. The van der Waals surface area contributed by atoms with Crippen molar-refractivity contribution in [3.8, 4) is 0 Å². The molecule has 0 aromatic heterocycles. The fraction of sp³-hybridized carbons (Fsp3) is 0.500. The minimum atomic E-state index is -0.0612. The Morgan fingerprint density at radius 3 is 2.00 bits per heavy atom. The van der Waals surface area contributed by atoms with Crippen LogP contribution in [0.4, 0.5) is 11.4 Å². The van der Waals surface area contributed by atoms with Gasteiger partial charge in [0.15, 0.2) is 0 Å². The van der Waals surface area contributed by atoms with Crippen molar-refractivity contribution in [2.24, 2.45) is 0 Å². The molecule has 0 radical (unpaired) electrons. The second kappa shape index (κ2) is 9.94. The van der Waals surface area contributed by atoms with Crippen LogP contribution < -0.4 is 16.0 Å². The lowest BCUT2D eigenvalue weighted by atomic mass is 10.2. The molecule has 0 bridgehead atoms. The van der Waals surface area contributed by atoms with Gasteiger partial charge in [-0.05, 0) is 43.7 Å². The number of carbonyl (C=O) groups excluding carboxylic acids is 2. The van der Waals surface area contributed by atoms with Crippen molar-refractivity contribution in [1.82, 2.24) is 5.32 Å². The van der Waals surface area contributed by atoms with Gasteiger partial charge in [-0.1, -0.05) is 20.3 Å². The van der Waals surface area contributed by atoms with Gasteiger partial charge in [0, 0.05) is 17.8 Å². The zero-order valence-corrected chi connectivity index (χ0v) is 12.9. The van der Waals surface area contributed by atoms with Gasteiger partial charge in [0.2, 0.25) is 11.8 Å². The van der Waals surface area contributed by atoms with Gasteiger partial charge < -0.3 is 16.0 Å². The Balaban J connectivity index is 2.36. The van der Waals surface area contributed by atoms with Crippen molar-refractivity contribution in [1.29, 1.82) is 0 Å². The zero-order chi connectivity index (χ0) is 15.5. The molecule has 0 aliphatic rings. The zero-order valence-electron chi connectivity index (χ0n) is 12.9. The summed E-state index contributed by atoms with van der Waals surface area (Å²) < 4.78 is 0. The molecule has 1 rings (SSSR count). The molecule has 0 aliphatic carbocycles. The summed E-state index contributed by atoms with van der Waals surface area (Å²) in [6, 6.07) is 7.14. The van der Waals surface area contributed by atoms with E-state index in [1.807, 2.05) is 6.92 Å². The number of unbranched alkanes of at least 4 members (excludes halogenated alkanes) is 1. The summed E-state index contributed by atoms with van der Waals surface area (Å²) in [6.07, 6.45) is 3.52. The lowest BCUT2D eigenvalue weighted by Crippen LogP contribution is -2.28. The Bertz CT molecular complexity index is 443.